The van der Waals surface area contributed by atoms with E-state index in [1.54, 1.807) is 11.8 Å². The molecule has 0 aliphatic carbocycles. The maximum atomic E-state index is 5.82. The predicted octanol–water partition coefficient (Wildman–Crippen LogP) is 3.97. The molecule has 0 aliphatic rings. The number of halogens is 1. The standard InChI is InChI=1S/C15H14ClN3OS/c16-10-1-4-12(5-2-10)20-7-8-21-15-18-13-6-3-11(17)9-14(13)19-15/h1-6,9H,7-8,17H2,(H,18,19). The molecular formula is C15H14ClN3OS. The molecule has 0 saturated carbocycles. The average molecular weight is 320 g/mol. The Hall–Kier alpha value is -1.85. The van der Waals surface area contributed by atoms with Crippen molar-refractivity contribution in [2.75, 3.05) is 18.1 Å². The van der Waals surface area contributed by atoms with Gasteiger partial charge in [-0.05, 0) is 42.5 Å². The zero-order chi connectivity index (χ0) is 14.7. The molecule has 0 saturated heterocycles. The number of ether oxygens (including phenoxy) is 1. The highest BCUT2D eigenvalue weighted by atomic mass is 35.5. The summed E-state index contributed by atoms with van der Waals surface area (Å²) in [4.78, 5) is 7.73. The van der Waals surface area contributed by atoms with E-state index in [-0.39, 0.29) is 0 Å². The third kappa shape index (κ3) is 3.62. The van der Waals surface area contributed by atoms with E-state index in [1.807, 2.05) is 42.5 Å². The number of rotatable bonds is 5. The molecule has 21 heavy (non-hydrogen) atoms. The molecule has 6 heteroatoms. The zero-order valence-corrected chi connectivity index (χ0v) is 12.7. The first-order chi connectivity index (χ1) is 10.2. The van der Waals surface area contributed by atoms with Crippen molar-refractivity contribution in [3.8, 4) is 5.75 Å². The fourth-order valence-electron chi connectivity index (χ4n) is 1.90. The molecule has 3 rings (SSSR count). The third-order valence-corrected chi connectivity index (χ3v) is 3.98. The first-order valence-corrected chi connectivity index (χ1v) is 7.83. The maximum Gasteiger partial charge on any atom is 0.166 e. The van der Waals surface area contributed by atoms with E-state index in [4.69, 9.17) is 22.1 Å². The monoisotopic (exact) mass is 319 g/mol. The minimum Gasteiger partial charge on any atom is -0.493 e. The van der Waals surface area contributed by atoms with Crippen molar-refractivity contribution >= 4 is 40.1 Å². The largest absolute Gasteiger partial charge is 0.493 e. The van der Waals surface area contributed by atoms with Gasteiger partial charge in [-0.2, -0.15) is 0 Å². The first kappa shape index (κ1) is 14.1. The maximum absolute atomic E-state index is 5.82. The number of aromatic amines is 1. The highest BCUT2D eigenvalue weighted by Gasteiger charge is 2.03. The molecule has 0 radical (unpaired) electrons. The van der Waals surface area contributed by atoms with Crippen LogP contribution in [0, 0.1) is 0 Å². The van der Waals surface area contributed by atoms with Gasteiger partial charge in [0.2, 0.25) is 0 Å². The van der Waals surface area contributed by atoms with Crippen molar-refractivity contribution < 1.29 is 4.74 Å². The van der Waals surface area contributed by atoms with Crippen molar-refractivity contribution in [3.05, 3.63) is 47.5 Å². The van der Waals surface area contributed by atoms with E-state index < -0.39 is 0 Å². The predicted molar refractivity (Wildman–Crippen MR) is 88.2 cm³/mol. The van der Waals surface area contributed by atoms with E-state index >= 15 is 0 Å². The summed E-state index contributed by atoms with van der Waals surface area (Å²) in [6, 6.07) is 13.0. The normalized spacial score (nSPS) is 10.9. The number of nitrogen functional groups attached to an aromatic ring is 1. The van der Waals surface area contributed by atoms with Crippen LogP contribution in [0.4, 0.5) is 5.69 Å². The number of H-pyrrole nitrogens is 1. The van der Waals surface area contributed by atoms with Gasteiger partial charge in [0.25, 0.3) is 0 Å². The van der Waals surface area contributed by atoms with Crippen LogP contribution in [0.5, 0.6) is 5.75 Å². The summed E-state index contributed by atoms with van der Waals surface area (Å²) >= 11 is 7.44. The van der Waals surface area contributed by atoms with Gasteiger partial charge in [-0.3, -0.25) is 0 Å². The van der Waals surface area contributed by atoms with Gasteiger partial charge in [-0.1, -0.05) is 23.4 Å². The summed E-state index contributed by atoms with van der Waals surface area (Å²) in [7, 11) is 0. The molecule has 0 atom stereocenters. The van der Waals surface area contributed by atoms with Crippen LogP contribution in [0.15, 0.2) is 47.6 Å². The van der Waals surface area contributed by atoms with Crippen molar-refractivity contribution in [1.82, 2.24) is 9.97 Å². The van der Waals surface area contributed by atoms with Crippen LogP contribution in [0.1, 0.15) is 0 Å². The van der Waals surface area contributed by atoms with E-state index in [9.17, 15) is 0 Å². The molecule has 2 aromatic carbocycles. The number of nitrogens with one attached hydrogen (secondary N) is 1. The summed E-state index contributed by atoms with van der Waals surface area (Å²) in [5.41, 5.74) is 8.35. The molecule has 0 amide bonds. The molecule has 0 fully saturated rings. The Kier molecular flexibility index (Phi) is 4.22. The summed E-state index contributed by atoms with van der Waals surface area (Å²) in [6.45, 7) is 0.603. The van der Waals surface area contributed by atoms with Crippen LogP contribution < -0.4 is 10.5 Å². The van der Waals surface area contributed by atoms with Gasteiger partial charge in [-0.25, -0.2) is 4.98 Å². The van der Waals surface area contributed by atoms with E-state index in [2.05, 4.69) is 9.97 Å². The van der Waals surface area contributed by atoms with Gasteiger partial charge in [-0.15, -0.1) is 0 Å². The second-order valence-electron chi connectivity index (χ2n) is 4.47. The van der Waals surface area contributed by atoms with Gasteiger partial charge >= 0.3 is 0 Å². The average Bonchev–Trinajstić information content (AvgIpc) is 2.87. The number of hydrogen-bond donors (Lipinski definition) is 2. The molecule has 4 nitrogen and oxygen atoms in total. The van der Waals surface area contributed by atoms with Crippen LogP contribution in [0.2, 0.25) is 5.02 Å². The number of nitrogens with zero attached hydrogens (tertiary/aromatic N) is 1. The number of anilines is 1. The lowest BCUT2D eigenvalue weighted by atomic mass is 10.3. The van der Waals surface area contributed by atoms with E-state index in [1.165, 1.54) is 0 Å². The van der Waals surface area contributed by atoms with Crippen LogP contribution in [0.3, 0.4) is 0 Å². The molecule has 108 valence electrons. The van der Waals surface area contributed by atoms with Gasteiger partial charge in [0, 0.05) is 16.5 Å². The Morgan fingerprint density at radius 1 is 1.19 bits per heavy atom. The molecule has 0 unspecified atom stereocenters. The van der Waals surface area contributed by atoms with Crippen LogP contribution in [-0.4, -0.2) is 22.3 Å². The summed E-state index contributed by atoms with van der Waals surface area (Å²) in [6.07, 6.45) is 0. The Bertz CT molecular complexity index is 742. The summed E-state index contributed by atoms with van der Waals surface area (Å²) in [5, 5.41) is 1.58. The Labute approximate surface area is 131 Å². The second kappa shape index (κ2) is 6.28. The second-order valence-corrected chi connectivity index (χ2v) is 5.99. The van der Waals surface area contributed by atoms with Gasteiger partial charge < -0.3 is 15.5 Å². The number of benzene rings is 2. The van der Waals surface area contributed by atoms with Crippen molar-refractivity contribution in [2.45, 2.75) is 5.16 Å². The fraction of sp³-hybridized carbons (Fsp3) is 0.133. The number of nitrogens with two attached hydrogens (primary N) is 1. The molecule has 0 bridgehead atoms. The number of aromatic nitrogens is 2. The van der Waals surface area contributed by atoms with Crippen LogP contribution >= 0.6 is 23.4 Å². The smallest absolute Gasteiger partial charge is 0.166 e. The van der Waals surface area contributed by atoms with Crippen LogP contribution in [0.25, 0.3) is 11.0 Å². The van der Waals surface area contributed by atoms with Gasteiger partial charge in [0.1, 0.15) is 5.75 Å². The zero-order valence-electron chi connectivity index (χ0n) is 11.2. The van der Waals surface area contributed by atoms with E-state index in [0.717, 1.165) is 33.4 Å². The van der Waals surface area contributed by atoms with Crippen LogP contribution in [-0.2, 0) is 0 Å². The highest BCUT2D eigenvalue weighted by Crippen LogP contribution is 2.21. The lowest BCUT2D eigenvalue weighted by molar-refractivity contribution is 0.344. The molecule has 0 spiro atoms. The third-order valence-electron chi connectivity index (χ3n) is 2.89. The van der Waals surface area contributed by atoms with Crippen molar-refractivity contribution in [3.63, 3.8) is 0 Å². The summed E-state index contributed by atoms with van der Waals surface area (Å²) < 4.78 is 5.63. The first-order valence-electron chi connectivity index (χ1n) is 6.47. The Balaban J connectivity index is 1.53. The molecule has 0 aliphatic heterocycles. The fourth-order valence-corrected chi connectivity index (χ4v) is 2.73. The van der Waals surface area contributed by atoms with Gasteiger partial charge in [0.15, 0.2) is 5.16 Å². The molecule has 1 aromatic heterocycles. The topological polar surface area (TPSA) is 63.9 Å². The number of thioether (sulfide) groups is 1. The molecule has 3 N–H and O–H groups in total. The minimum atomic E-state index is 0.603. The van der Waals surface area contributed by atoms with Crippen molar-refractivity contribution in [2.24, 2.45) is 0 Å². The lowest BCUT2D eigenvalue weighted by Gasteiger charge is -2.04. The number of imidazole rings is 1. The van der Waals surface area contributed by atoms with Gasteiger partial charge in [0.05, 0.1) is 17.6 Å². The van der Waals surface area contributed by atoms with Crippen molar-refractivity contribution in [1.29, 1.82) is 0 Å². The number of hydrogen-bond acceptors (Lipinski definition) is 4. The quantitative estimate of drug-likeness (QED) is 0.424. The molecular weight excluding hydrogens is 306 g/mol. The minimum absolute atomic E-state index is 0.603. The Morgan fingerprint density at radius 2 is 2.00 bits per heavy atom. The SMILES string of the molecule is Nc1ccc2nc(SCCOc3ccc(Cl)cc3)[nH]c2c1. The Morgan fingerprint density at radius 3 is 2.81 bits per heavy atom. The van der Waals surface area contributed by atoms with E-state index in [0.29, 0.717) is 11.6 Å². The lowest BCUT2D eigenvalue weighted by Crippen LogP contribution is -2.00. The molecule has 3 aromatic rings. The highest BCUT2D eigenvalue weighted by molar-refractivity contribution is 7.99. The molecule has 1 heterocycles. The number of fused-ring (bicyclic) bond motifs is 1. The summed E-state index contributed by atoms with van der Waals surface area (Å²) in [5.74, 6) is 1.62.